The van der Waals surface area contributed by atoms with Gasteiger partial charge >= 0.3 is 0 Å². The summed E-state index contributed by atoms with van der Waals surface area (Å²) in [5, 5.41) is 0. The Morgan fingerprint density at radius 2 is 2.50 bits per heavy atom. The van der Waals surface area contributed by atoms with Crippen molar-refractivity contribution in [3.63, 3.8) is 0 Å². The van der Waals surface area contributed by atoms with Gasteiger partial charge in [0.05, 0.1) is 16.1 Å². The van der Waals surface area contributed by atoms with Gasteiger partial charge in [-0.1, -0.05) is 6.92 Å². The predicted octanol–water partition coefficient (Wildman–Crippen LogP) is 2.04. The lowest BCUT2D eigenvalue weighted by molar-refractivity contribution is 0.0991. The largest absolute Gasteiger partial charge is 0.293 e. The lowest BCUT2D eigenvalue weighted by Crippen LogP contribution is -1.94. The summed E-state index contributed by atoms with van der Waals surface area (Å²) in [6, 6.07) is 0. The minimum Gasteiger partial charge on any atom is -0.293 e. The highest BCUT2D eigenvalue weighted by molar-refractivity contribution is 7.11. The van der Waals surface area contributed by atoms with Gasteiger partial charge in [0.1, 0.15) is 0 Å². The lowest BCUT2D eigenvalue weighted by atomic mass is 10.2. The third-order valence-corrected chi connectivity index (χ3v) is 2.29. The average Bonchev–Trinajstić information content (AvgIpc) is 2.34. The van der Waals surface area contributed by atoms with E-state index in [0.717, 1.165) is 10.6 Å². The Morgan fingerprint density at radius 1 is 1.80 bits per heavy atom. The van der Waals surface area contributed by atoms with Crippen molar-refractivity contribution < 1.29 is 4.79 Å². The fraction of sp³-hybridized carbons (Fsp3) is 0.429. The Kier molecular flexibility index (Phi) is 2.17. The van der Waals surface area contributed by atoms with Crippen molar-refractivity contribution in [2.75, 3.05) is 0 Å². The smallest absolute Gasteiger partial charge is 0.174 e. The number of nitrogens with zero attached hydrogens (tertiary/aromatic N) is 1. The maximum atomic E-state index is 11.1. The SMILES string of the molecule is CCC(=O)c1scnc1C. The van der Waals surface area contributed by atoms with Crippen LogP contribution >= 0.6 is 11.3 Å². The second kappa shape index (κ2) is 2.92. The molecule has 10 heavy (non-hydrogen) atoms. The van der Waals surface area contributed by atoms with Crippen LogP contribution in [0.4, 0.5) is 0 Å². The average molecular weight is 155 g/mol. The van der Waals surface area contributed by atoms with Gasteiger partial charge in [0.2, 0.25) is 0 Å². The van der Waals surface area contributed by atoms with Crippen LogP contribution in [-0.2, 0) is 0 Å². The van der Waals surface area contributed by atoms with E-state index < -0.39 is 0 Å². The molecule has 0 N–H and O–H groups in total. The molecule has 0 saturated carbocycles. The van der Waals surface area contributed by atoms with Crippen LogP contribution in [0, 0.1) is 6.92 Å². The van der Waals surface area contributed by atoms with E-state index in [2.05, 4.69) is 4.98 Å². The van der Waals surface area contributed by atoms with Gasteiger partial charge < -0.3 is 0 Å². The molecule has 0 saturated heterocycles. The van der Waals surface area contributed by atoms with Gasteiger partial charge in [-0.25, -0.2) is 4.98 Å². The van der Waals surface area contributed by atoms with Crippen LogP contribution in [0.5, 0.6) is 0 Å². The van der Waals surface area contributed by atoms with Crippen molar-refractivity contribution in [2.24, 2.45) is 0 Å². The van der Waals surface area contributed by atoms with Crippen molar-refractivity contribution in [2.45, 2.75) is 20.3 Å². The molecule has 1 rings (SSSR count). The molecule has 2 nitrogen and oxygen atoms in total. The molecule has 0 aliphatic carbocycles. The van der Waals surface area contributed by atoms with Crippen molar-refractivity contribution in [1.29, 1.82) is 0 Å². The zero-order chi connectivity index (χ0) is 7.56. The molecule has 0 aliphatic rings. The summed E-state index contributed by atoms with van der Waals surface area (Å²) in [6.07, 6.45) is 0.572. The van der Waals surface area contributed by atoms with E-state index in [4.69, 9.17) is 0 Å². The molecule has 1 aromatic rings. The summed E-state index contributed by atoms with van der Waals surface area (Å²) in [5.41, 5.74) is 2.56. The van der Waals surface area contributed by atoms with Gasteiger partial charge in [0.15, 0.2) is 5.78 Å². The van der Waals surface area contributed by atoms with E-state index >= 15 is 0 Å². The summed E-state index contributed by atoms with van der Waals surface area (Å²) >= 11 is 1.42. The first-order valence-corrected chi connectivity index (χ1v) is 4.07. The Bertz CT molecular complexity index is 242. The number of ketones is 1. The Balaban J connectivity index is 2.93. The fourth-order valence-corrected chi connectivity index (χ4v) is 1.55. The van der Waals surface area contributed by atoms with Crippen LogP contribution in [0.25, 0.3) is 0 Å². The maximum Gasteiger partial charge on any atom is 0.174 e. The van der Waals surface area contributed by atoms with Crippen LogP contribution in [0.15, 0.2) is 5.51 Å². The number of hydrogen-bond acceptors (Lipinski definition) is 3. The van der Waals surface area contributed by atoms with Crippen molar-refractivity contribution in [3.8, 4) is 0 Å². The third kappa shape index (κ3) is 1.24. The van der Waals surface area contributed by atoms with E-state index in [1.165, 1.54) is 11.3 Å². The zero-order valence-electron chi connectivity index (χ0n) is 6.05. The maximum absolute atomic E-state index is 11.1. The molecule has 0 bridgehead atoms. The molecular weight excluding hydrogens is 146 g/mol. The second-order valence-electron chi connectivity index (χ2n) is 2.04. The highest BCUT2D eigenvalue weighted by Crippen LogP contribution is 2.13. The summed E-state index contributed by atoms with van der Waals surface area (Å²) in [7, 11) is 0. The van der Waals surface area contributed by atoms with Crippen molar-refractivity contribution in [3.05, 3.63) is 16.1 Å². The first kappa shape index (κ1) is 7.41. The fourth-order valence-electron chi connectivity index (χ4n) is 0.730. The molecule has 0 atom stereocenters. The van der Waals surface area contributed by atoms with Crippen molar-refractivity contribution >= 4 is 17.1 Å². The predicted molar refractivity (Wildman–Crippen MR) is 41.5 cm³/mol. The monoisotopic (exact) mass is 155 g/mol. The third-order valence-electron chi connectivity index (χ3n) is 1.32. The first-order chi connectivity index (χ1) is 4.75. The van der Waals surface area contributed by atoms with Crippen molar-refractivity contribution in [1.82, 2.24) is 4.98 Å². The molecule has 0 aliphatic heterocycles. The number of carbonyl (C=O) groups is 1. The molecule has 1 heterocycles. The highest BCUT2D eigenvalue weighted by Gasteiger charge is 2.07. The Morgan fingerprint density at radius 3 is 2.90 bits per heavy atom. The number of aryl methyl sites for hydroxylation is 1. The summed E-state index contributed by atoms with van der Waals surface area (Å²) in [6.45, 7) is 3.72. The first-order valence-electron chi connectivity index (χ1n) is 3.19. The molecule has 3 heteroatoms. The van der Waals surface area contributed by atoms with Gasteiger partial charge in [-0.05, 0) is 6.92 Å². The van der Waals surface area contributed by atoms with Crippen LogP contribution in [0.1, 0.15) is 28.7 Å². The van der Waals surface area contributed by atoms with E-state index in [-0.39, 0.29) is 5.78 Å². The standard InChI is InChI=1S/C7H9NOS/c1-3-6(9)7-5(2)8-4-10-7/h4H,3H2,1-2H3. The quantitative estimate of drug-likeness (QED) is 0.612. The Labute approximate surface area is 63.9 Å². The lowest BCUT2D eigenvalue weighted by Gasteiger charge is -1.90. The zero-order valence-corrected chi connectivity index (χ0v) is 6.86. The number of Topliss-reactive ketones (excluding diaryl/α,β-unsaturated/α-hetero) is 1. The van der Waals surface area contributed by atoms with Gasteiger partial charge in [-0.3, -0.25) is 4.79 Å². The molecule has 0 unspecified atom stereocenters. The van der Waals surface area contributed by atoms with Gasteiger partial charge in [0, 0.05) is 6.42 Å². The van der Waals surface area contributed by atoms with Crippen LogP contribution in [-0.4, -0.2) is 10.8 Å². The number of rotatable bonds is 2. The van der Waals surface area contributed by atoms with Crippen LogP contribution in [0.2, 0.25) is 0 Å². The van der Waals surface area contributed by atoms with Gasteiger partial charge in [-0.2, -0.15) is 0 Å². The minimum absolute atomic E-state index is 0.194. The summed E-state index contributed by atoms with van der Waals surface area (Å²) in [4.78, 5) is 15.9. The Hall–Kier alpha value is -0.700. The molecule has 54 valence electrons. The minimum atomic E-state index is 0.194. The number of aromatic nitrogens is 1. The van der Waals surface area contributed by atoms with Gasteiger partial charge in [-0.15, -0.1) is 11.3 Å². The number of hydrogen-bond donors (Lipinski definition) is 0. The molecule has 0 amide bonds. The molecule has 0 aromatic carbocycles. The number of thiazole rings is 1. The molecule has 1 aromatic heterocycles. The topological polar surface area (TPSA) is 30.0 Å². The van der Waals surface area contributed by atoms with E-state index in [1.54, 1.807) is 5.51 Å². The second-order valence-corrected chi connectivity index (χ2v) is 2.90. The summed E-state index contributed by atoms with van der Waals surface area (Å²) in [5.74, 6) is 0.194. The van der Waals surface area contributed by atoms with Crippen LogP contribution < -0.4 is 0 Å². The van der Waals surface area contributed by atoms with E-state index in [1.807, 2.05) is 13.8 Å². The molecular formula is C7H9NOS. The van der Waals surface area contributed by atoms with E-state index in [0.29, 0.717) is 6.42 Å². The van der Waals surface area contributed by atoms with E-state index in [9.17, 15) is 4.79 Å². The molecule has 0 spiro atoms. The van der Waals surface area contributed by atoms with Crippen LogP contribution in [0.3, 0.4) is 0 Å². The molecule has 0 radical (unpaired) electrons. The normalized spacial score (nSPS) is 9.80. The summed E-state index contributed by atoms with van der Waals surface area (Å²) < 4.78 is 0. The van der Waals surface area contributed by atoms with Gasteiger partial charge in [0.25, 0.3) is 0 Å². The highest BCUT2D eigenvalue weighted by atomic mass is 32.1. The number of carbonyl (C=O) groups excluding carboxylic acids is 1. The molecule has 0 fully saturated rings.